The molecule has 2 aromatic carbocycles. The molecule has 0 spiro atoms. The topological polar surface area (TPSA) is 29.1 Å². The van der Waals surface area contributed by atoms with Crippen molar-refractivity contribution in [2.24, 2.45) is 0 Å². The molecule has 0 aliphatic heterocycles. The molecular weight excluding hydrogens is 282 g/mol. The molecule has 1 amide bonds. The first kappa shape index (κ1) is 15.6. The van der Waals surface area contributed by atoms with Crippen molar-refractivity contribution in [3.05, 3.63) is 69.7 Å². The van der Waals surface area contributed by atoms with Gasteiger partial charge in [0.25, 0.3) is 5.91 Å². The van der Waals surface area contributed by atoms with Crippen LogP contribution in [0.5, 0.6) is 0 Å². The van der Waals surface area contributed by atoms with Crippen LogP contribution in [0.15, 0.2) is 42.5 Å². The molecule has 0 aromatic heterocycles. The molecule has 3 heteroatoms. The fourth-order valence-corrected chi connectivity index (χ4v) is 2.68. The number of carbonyl (C=O) groups excluding carboxylic acids is 1. The molecule has 0 aliphatic rings. The van der Waals surface area contributed by atoms with Gasteiger partial charge in [-0.15, -0.1) is 0 Å². The van der Waals surface area contributed by atoms with Crippen molar-refractivity contribution in [1.29, 1.82) is 0 Å². The smallest absolute Gasteiger partial charge is 0.251 e. The molecule has 0 radical (unpaired) electrons. The Hall–Kier alpha value is -1.80. The van der Waals surface area contributed by atoms with E-state index in [0.29, 0.717) is 10.6 Å². The van der Waals surface area contributed by atoms with Crippen molar-refractivity contribution in [3.8, 4) is 0 Å². The summed E-state index contributed by atoms with van der Waals surface area (Å²) in [7, 11) is 0. The van der Waals surface area contributed by atoms with E-state index in [9.17, 15) is 4.79 Å². The van der Waals surface area contributed by atoms with Crippen LogP contribution in [0.3, 0.4) is 0 Å². The van der Waals surface area contributed by atoms with Gasteiger partial charge in [0.05, 0.1) is 6.04 Å². The number of benzene rings is 2. The van der Waals surface area contributed by atoms with Gasteiger partial charge in [0, 0.05) is 10.6 Å². The van der Waals surface area contributed by atoms with Gasteiger partial charge in [0.1, 0.15) is 0 Å². The average molecular weight is 302 g/mol. The van der Waals surface area contributed by atoms with E-state index in [-0.39, 0.29) is 11.9 Å². The first-order valence-electron chi connectivity index (χ1n) is 7.15. The third-order valence-electron chi connectivity index (χ3n) is 3.60. The highest BCUT2D eigenvalue weighted by atomic mass is 35.5. The van der Waals surface area contributed by atoms with E-state index < -0.39 is 0 Å². The van der Waals surface area contributed by atoms with Crippen molar-refractivity contribution in [2.45, 2.75) is 33.2 Å². The molecule has 0 aliphatic carbocycles. The first-order valence-corrected chi connectivity index (χ1v) is 7.52. The molecule has 1 atom stereocenters. The van der Waals surface area contributed by atoms with Gasteiger partial charge in [-0.05, 0) is 49.6 Å². The summed E-state index contributed by atoms with van der Waals surface area (Å²) in [5, 5.41) is 3.66. The maximum atomic E-state index is 12.3. The second-order valence-electron chi connectivity index (χ2n) is 5.30. The van der Waals surface area contributed by atoms with Gasteiger partial charge in [-0.25, -0.2) is 0 Å². The fourth-order valence-electron chi connectivity index (χ4n) is 2.49. The molecule has 1 N–H and O–H groups in total. The Bertz CT molecular complexity index is 651. The Kier molecular flexibility index (Phi) is 5.03. The Morgan fingerprint density at radius 3 is 2.57 bits per heavy atom. The van der Waals surface area contributed by atoms with Crippen LogP contribution in [0.2, 0.25) is 5.02 Å². The predicted molar refractivity (Wildman–Crippen MR) is 87.9 cm³/mol. The molecule has 0 saturated heterocycles. The zero-order chi connectivity index (χ0) is 15.4. The molecule has 0 heterocycles. The Labute approximate surface area is 131 Å². The number of carbonyl (C=O) groups is 1. The lowest BCUT2D eigenvalue weighted by molar-refractivity contribution is 0.0935. The highest BCUT2D eigenvalue weighted by Crippen LogP contribution is 2.22. The average Bonchev–Trinajstić information content (AvgIpc) is 2.45. The SMILES string of the molecule is CC[C@@H](NC(=O)c1cccc(Cl)c1)c1ccc(C)cc1C. The van der Waals surface area contributed by atoms with Gasteiger partial charge in [-0.2, -0.15) is 0 Å². The molecule has 2 aromatic rings. The van der Waals surface area contributed by atoms with E-state index in [1.807, 2.05) is 0 Å². The lowest BCUT2D eigenvalue weighted by Gasteiger charge is -2.20. The van der Waals surface area contributed by atoms with Gasteiger partial charge in [0.2, 0.25) is 0 Å². The van der Waals surface area contributed by atoms with Crippen molar-refractivity contribution in [1.82, 2.24) is 5.32 Å². The van der Waals surface area contributed by atoms with Crippen LogP contribution in [0.25, 0.3) is 0 Å². The number of aryl methyl sites for hydroxylation is 2. The molecule has 2 rings (SSSR count). The third-order valence-corrected chi connectivity index (χ3v) is 3.84. The quantitative estimate of drug-likeness (QED) is 0.860. The first-order chi connectivity index (χ1) is 10.0. The molecule has 0 saturated carbocycles. The number of halogens is 1. The summed E-state index contributed by atoms with van der Waals surface area (Å²) in [5.74, 6) is -0.0932. The molecule has 0 fully saturated rings. The van der Waals surface area contributed by atoms with Crippen molar-refractivity contribution in [3.63, 3.8) is 0 Å². The monoisotopic (exact) mass is 301 g/mol. The Balaban J connectivity index is 2.21. The molecule has 110 valence electrons. The van der Waals surface area contributed by atoms with Crippen LogP contribution < -0.4 is 5.32 Å². The molecule has 21 heavy (non-hydrogen) atoms. The summed E-state index contributed by atoms with van der Waals surface area (Å²) in [5.41, 5.74) is 4.18. The third kappa shape index (κ3) is 3.85. The van der Waals surface area contributed by atoms with Gasteiger partial charge in [-0.3, -0.25) is 4.79 Å². The minimum atomic E-state index is -0.0932. The highest BCUT2D eigenvalue weighted by Gasteiger charge is 2.16. The summed E-state index contributed by atoms with van der Waals surface area (Å²) < 4.78 is 0. The van der Waals surface area contributed by atoms with Gasteiger partial charge in [-0.1, -0.05) is 48.4 Å². The molecule has 0 bridgehead atoms. The minimum absolute atomic E-state index is 0.0112. The van der Waals surface area contributed by atoms with Gasteiger partial charge in [0.15, 0.2) is 0 Å². The zero-order valence-electron chi connectivity index (χ0n) is 12.6. The number of hydrogen-bond donors (Lipinski definition) is 1. The van der Waals surface area contributed by atoms with Crippen LogP contribution in [-0.4, -0.2) is 5.91 Å². The highest BCUT2D eigenvalue weighted by molar-refractivity contribution is 6.30. The van der Waals surface area contributed by atoms with Crippen LogP contribution in [0, 0.1) is 13.8 Å². The van der Waals surface area contributed by atoms with Crippen LogP contribution in [0.1, 0.15) is 46.4 Å². The number of hydrogen-bond acceptors (Lipinski definition) is 1. The predicted octanol–water partition coefficient (Wildman–Crippen LogP) is 4.84. The summed E-state index contributed by atoms with van der Waals surface area (Å²) in [6.45, 7) is 6.22. The maximum Gasteiger partial charge on any atom is 0.251 e. The van der Waals surface area contributed by atoms with E-state index in [1.54, 1.807) is 24.3 Å². The summed E-state index contributed by atoms with van der Waals surface area (Å²) in [6, 6.07) is 13.3. The summed E-state index contributed by atoms with van der Waals surface area (Å²) in [4.78, 5) is 12.3. The van der Waals surface area contributed by atoms with E-state index in [1.165, 1.54) is 16.7 Å². The van der Waals surface area contributed by atoms with E-state index >= 15 is 0 Å². The normalized spacial score (nSPS) is 12.0. The largest absolute Gasteiger partial charge is 0.345 e. The van der Waals surface area contributed by atoms with E-state index in [2.05, 4.69) is 44.3 Å². The lowest BCUT2D eigenvalue weighted by Crippen LogP contribution is -2.28. The van der Waals surface area contributed by atoms with Crippen LogP contribution in [-0.2, 0) is 0 Å². The van der Waals surface area contributed by atoms with Crippen LogP contribution in [0.4, 0.5) is 0 Å². The van der Waals surface area contributed by atoms with E-state index in [4.69, 9.17) is 11.6 Å². The molecule has 2 nitrogen and oxygen atoms in total. The second-order valence-corrected chi connectivity index (χ2v) is 5.74. The number of amides is 1. The van der Waals surface area contributed by atoms with E-state index in [0.717, 1.165) is 6.42 Å². The maximum absolute atomic E-state index is 12.3. The fraction of sp³-hybridized carbons (Fsp3) is 0.278. The van der Waals surface area contributed by atoms with Crippen molar-refractivity contribution in [2.75, 3.05) is 0 Å². The zero-order valence-corrected chi connectivity index (χ0v) is 13.4. The summed E-state index contributed by atoms with van der Waals surface area (Å²) >= 11 is 5.94. The summed E-state index contributed by atoms with van der Waals surface area (Å²) in [6.07, 6.45) is 0.843. The Morgan fingerprint density at radius 2 is 1.95 bits per heavy atom. The van der Waals surface area contributed by atoms with Crippen LogP contribution >= 0.6 is 11.6 Å². The van der Waals surface area contributed by atoms with Gasteiger partial charge >= 0.3 is 0 Å². The Morgan fingerprint density at radius 1 is 1.19 bits per heavy atom. The van der Waals surface area contributed by atoms with Gasteiger partial charge < -0.3 is 5.32 Å². The molecule has 0 unspecified atom stereocenters. The van der Waals surface area contributed by atoms with Crippen molar-refractivity contribution >= 4 is 17.5 Å². The minimum Gasteiger partial charge on any atom is -0.345 e. The molecular formula is C18H20ClNO. The number of rotatable bonds is 4. The second kappa shape index (κ2) is 6.77. The standard InChI is InChI=1S/C18H20ClNO/c1-4-17(16-9-8-12(2)10-13(16)3)20-18(21)14-6-5-7-15(19)11-14/h5-11,17H,4H2,1-3H3,(H,20,21)/t17-/m1/s1. The number of nitrogens with one attached hydrogen (secondary N) is 1. The van der Waals surface area contributed by atoms with Crippen molar-refractivity contribution < 1.29 is 4.79 Å². The lowest BCUT2D eigenvalue weighted by atomic mass is 9.97.